The van der Waals surface area contributed by atoms with Crippen LogP contribution in [0.5, 0.6) is 0 Å². The van der Waals surface area contributed by atoms with Crippen LogP contribution in [0.2, 0.25) is 5.02 Å². The van der Waals surface area contributed by atoms with Gasteiger partial charge >= 0.3 is 0 Å². The van der Waals surface area contributed by atoms with Gasteiger partial charge in [-0.25, -0.2) is 4.98 Å². The highest BCUT2D eigenvalue weighted by atomic mass is 35.5. The summed E-state index contributed by atoms with van der Waals surface area (Å²) in [6, 6.07) is 4.82. The third-order valence-corrected chi connectivity index (χ3v) is 4.35. The normalized spacial score (nSPS) is 22.8. The number of nitriles is 1. The molecule has 1 heterocycles. The number of halogens is 1. The monoisotopic (exact) mass is 278 g/mol. The average molecular weight is 279 g/mol. The van der Waals surface area contributed by atoms with Gasteiger partial charge < -0.3 is 10.2 Å². The standard InChI is InChI=1S/C14H19ClN4/c1-17-11-3-5-12(6-4-11)19(2)14-13(15)10(9-16)7-8-18-14/h7-8,11-12,17H,3-6H2,1-2H3. The van der Waals surface area contributed by atoms with Crippen molar-refractivity contribution < 1.29 is 0 Å². The van der Waals surface area contributed by atoms with Crippen molar-refractivity contribution >= 4 is 17.4 Å². The molecule has 1 saturated carbocycles. The number of hydrogen-bond acceptors (Lipinski definition) is 4. The molecule has 0 atom stereocenters. The van der Waals surface area contributed by atoms with E-state index >= 15 is 0 Å². The Morgan fingerprint density at radius 2 is 2.11 bits per heavy atom. The van der Waals surface area contributed by atoms with E-state index in [1.165, 1.54) is 12.8 Å². The number of hydrogen-bond donors (Lipinski definition) is 1. The Morgan fingerprint density at radius 1 is 1.42 bits per heavy atom. The predicted octanol–water partition coefficient (Wildman–Crippen LogP) is 2.57. The molecular weight excluding hydrogens is 260 g/mol. The van der Waals surface area contributed by atoms with E-state index in [0.29, 0.717) is 28.5 Å². The van der Waals surface area contributed by atoms with Crippen molar-refractivity contribution in [3.05, 3.63) is 22.8 Å². The van der Waals surface area contributed by atoms with E-state index in [1.807, 2.05) is 14.1 Å². The van der Waals surface area contributed by atoms with Crippen LogP contribution in [0.25, 0.3) is 0 Å². The lowest BCUT2D eigenvalue weighted by molar-refractivity contribution is 0.350. The third-order valence-electron chi connectivity index (χ3n) is 3.98. The van der Waals surface area contributed by atoms with Crippen LogP contribution in [0.3, 0.4) is 0 Å². The molecule has 1 aromatic rings. The number of nitrogens with zero attached hydrogens (tertiary/aromatic N) is 3. The molecule has 0 saturated heterocycles. The van der Waals surface area contributed by atoms with Gasteiger partial charge in [-0.15, -0.1) is 0 Å². The van der Waals surface area contributed by atoms with Crippen LogP contribution in [-0.2, 0) is 0 Å². The summed E-state index contributed by atoms with van der Waals surface area (Å²) in [5.41, 5.74) is 0.488. The summed E-state index contributed by atoms with van der Waals surface area (Å²) in [6.07, 6.45) is 6.23. The molecule has 0 aliphatic heterocycles. The van der Waals surface area contributed by atoms with E-state index in [0.717, 1.165) is 12.8 Å². The number of pyridine rings is 1. The number of anilines is 1. The molecule has 0 amide bonds. The Kier molecular flexibility index (Phi) is 4.62. The predicted molar refractivity (Wildman–Crippen MR) is 77.5 cm³/mol. The Hall–Kier alpha value is -1.31. The van der Waals surface area contributed by atoms with E-state index in [2.05, 4.69) is 21.3 Å². The minimum Gasteiger partial charge on any atom is -0.355 e. The quantitative estimate of drug-likeness (QED) is 0.923. The van der Waals surface area contributed by atoms with Crippen molar-refractivity contribution in [3.8, 4) is 6.07 Å². The summed E-state index contributed by atoms with van der Waals surface area (Å²) < 4.78 is 0. The Bertz CT molecular complexity index is 475. The van der Waals surface area contributed by atoms with Gasteiger partial charge in [-0.1, -0.05) is 11.6 Å². The van der Waals surface area contributed by atoms with Gasteiger partial charge in [0.05, 0.1) is 5.56 Å². The maximum absolute atomic E-state index is 9.01. The molecule has 4 nitrogen and oxygen atoms in total. The van der Waals surface area contributed by atoms with Crippen LogP contribution < -0.4 is 10.2 Å². The summed E-state index contributed by atoms with van der Waals surface area (Å²) in [4.78, 5) is 6.45. The minimum atomic E-state index is 0.448. The Morgan fingerprint density at radius 3 is 2.68 bits per heavy atom. The lowest BCUT2D eigenvalue weighted by Crippen LogP contribution is -2.40. The molecule has 0 bridgehead atoms. The van der Waals surface area contributed by atoms with E-state index in [1.54, 1.807) is 12.3 Å². The van der Waals surface area contributed by atoms with Gasteiger partial charge in [-0.2, -0.15) is 5.26 Å². The van der Waals surface area contributed by atoms with Crippen molar-refractivity contribution in [3.63, 3.8) is 0 Å². The first-order valence-corrected chi connectivity index (χ1v) is 7.00. The van der Waals surface area contributed by atoms with Crippen molar-refractivity contribution in [1.29, 1.82) is 5.26 Å². The average Bonchev–Trinajstić information content (AvgIpc) is 2.47. The highest BCUT2D eigenvalue weighted by Gasteiger charge is 2.25. The number of aromatic nitrogens is 1. The summed E-state index contributed by atoms with van der Waals surface area (Å²) in [6.45, 7) is 0. The maximum Gasteiger partial charge on any atom is 0.148 e. The second-order valence-corrected chi connectivity index (χ2v) is 5.39. The van der Waals surface area contributed by atoms with Crippen LogP contribution in [0.4, 0.5) is 5.82 Å². The van der Waals surface area contributed by atoms with Crippen LogP contribution in [0.15, 0.2) is 12.3 Å². The lowest BCUT2D eigenvalue weighted by atomic mass is 9.90. The number of nitrogens with one attached hydrogen (secondary N) is 1. The molecule has 0 radical (unpaired) electrons. The van der Waals surface area contributed by atoms with Crippen molar-refractivity contribution in [2.75, 3.05) is 19.0 Å². The fourth-order valence-corrected chi connectivity index (χ4v) is 2.98. The Balaban J connectivity index is 2.13. The molecule has 19 heavy (non-hydrogen) atoms. The van der Waals surface area contributed by atoms with Gasteiger partial charge in [0.25, 0.3) is 0 Å². The first-order chi connectivity index (χ1) is 9.17. The lowest BCUT2D eigenvalue weighted by Gasteiger charge is -2.35. The minimum absolute atomic E-state index is 0.448. The molecular formula is C14H19ClN4. The van der Waals surface area contributed by atoms with Crippen LogP contribution >= 0.6 is 11.6 Å². The molecule has 5 heteroatoms. The van der Waals surface area contributed by atoms with E-state index in [9.17, 15) is 0 Å². The van der Waals surface area contributed by atoms with E-state index in [4.69, 9.17) is 16.9 Å². The molecule has 1 aromatic heterocycles. The Labute approximate surface area is 119 Å². The molecule has 102 valence electrons. The second-order valence-electron chi connectivity index (χ2n) is 5.01. The van der Waals surface area contributed by atoms with Crippen molar-refractivity contribution in [2.24, 2.45) is 0 Å². The van der Waals surface area contributed by atoms with Crippen LogP contribution in [-0.4, -0.2) is 31.2 Å². The zero-order valence-corrected chi connectivity index (χ0v) is 12.1. The van der Waals surface area contributed by atoms with Gasteiger partial charge in [0.15, 0.2) is 0 Å². The first-order valence-electron chi connectivity index (χ1n) is 6.62. The molecule has 0 unspecified atom stereocenters. The second kappa shape index (κ2) is 6.23. The van der Waals surface area contributed by atoms with Gasteiger partial charge in [-0.3, -0.25) is 0 Å². The largest absolute Gasteiger partial charge is 0.355 e. The fraction of sp³-hybridized carbons (Fsp3) is 0.571. The van der Waals surface area contributed by atoms with Crippen molar-refractivity contribution in [1.82, 2.24) is 10.3 Å². The first kappa shape index (κ1) is 14.1. The zero-order valence-electron chi connectivity index (χ0n) is 11.4. The SMILES string of the molecule is CNC1CCC(N(C)c2nccc(C#N)c2Cl)CC1. The van der Waals surface area contributed by atoms with Gasteiger partial charge in [0, 0.05) is 25.3 Å². The highest BCUT2D eigenvalue weighted by molar-refractivity contribution is 6.34. The van der Waals surface area contributed by atoms with Gasteiger partial charge in [-0.05, 0) is 38.8 Å². The highest BCUT2D eigenvalue weighted by Crippen LogP contribution is 2.31. The van der Waals surface area contributed by atoms with Crippen LogP contribution in [0.1, 0.15) is 31.2 Å². The molecule has 1 aliphatic rings. The number of rotatable bonds is 3. The summed E-state index contributed by atoms with van der Waals surface area (Å²) in [5.74, 6) is 0.716. The smallest absolute Gasteiger partial charge is 0.148 e. The summed E-state index contributed by atoms with van der Waals surface area (Å²) in [7, 11) is 4.03. The molecule has 2 rings (SSSR count). The van der Waals surface area contributed by atoms with E-state index in [-0.39, 0.29) is 0 Å². The topological polar surface area (TPSA) is 52.0 Å². The summed E-state index contributed by atoms with van der Waals surface area (Å²) >= 11 is 6.24. The fourth-order valence-electron chi connectivity index (χ4n) is 2.69. The molecule has 1 aliphatic carbocycles. The van der Waals surface area contributed by atoms with E-state index < -0.39 is 0 Å². The molecule has 0 spiro atoms. The molecule has 1 N–H and O–H groups in total. The van der Waals surface area contributed by atoms with Crippen molar-refractivity contribution in [2.45, 2.75) is 37.8 Å². The summed E-state index contributed by atoms with van der Waals surface area (Å²) in [5, 5.41) is 12.8. The molecule has 0 aromatic carbocycles. The third kappa shape index (κ3) is 2.99. The maximum atomic E-state index is 9.01. The molecule has 1 fully saturated rings. The van der Waals surface area contributed by atoms with Gasteiger partial charge in [0.1, 0.15) is 16.9 Å². The zero-order chi connectivity index (χ0) is 13.8. The van der Waals surface area contributed by atoms with Gasteiger partial charge in [0.2, 0.25) is 0 Å². The van der Waals surface area contributed by atoms with Crippen LogP contribution in [0, 0.1) is 11.3 Å².